The van der Waals surface area contributed by atoms with Crippen LogP contribution in [0.4, 0.5) is 0 Å². The van der Waals surface area contributed by atoms with Crippen LogP contribution in [0.3, 0.4) is 0 Å². The summed E-state index contributed by atoms with van der Waals surface area (Å²) < 4.78 is 12.4. The van der Waals surface area contributed by atoms with Crippen molar-refractivity contribution in [2.45, 2.75) is 44.1 Å². The van der Waals surface area contributed by atoms with Gasteiger partial charge in [0.05, 0.1) is 29.7 Å². The molecule has 2 N–H and O–H groups in total. The number of aliphatic hydroxyl groups excluding tert-OH is 1. The summed E-state index contributed by atoms with van der Waals surface area (Å²) in [5.41, 5.74) is 20.7. The van der Waals surface area contributed by atoms with Crippen molar-refractivity contribution < 1.29 is 19.4 Å². The first-order valence-electron chi connectivity index (χ1n) is 15.4. The number of azide groups is 2. The minimum absolute atomic E-state index is 0.0203. The number of hydrogen-bond donors (Lipinski definition) is 2. The third kappa shape index (κ3) is 8.45. The third-order valence-corrected chi connectivity index (χ3v) is 8.73. The molecule has 1 amide bonds. The number of rotatable bonds is 15. The molecule has 0 unspecified atom stereocenters. The van der Waals surface area contributed by atoms with Gasteiger partial charge in [-0.2, -0.15) is 0 Å². The molecule has 14 heteroatoms. The van der Waals surface area contributed by atoms with E-state index < -0.39 is 17.6 Å². The van der Waals surface area contributed by atoms with Crippen LogP contribution in [-0.4, -0.2) is 35.7 Å². The van der Waals surface area contributed by atoms with Crippen molar-refractivity contribution in [1.29, 1.82) is 0 Å². The molecule has 1 heterocycles. The second-order valence-electron chi connectivity index (χ2n) is 11.1. The van der Waals surface area contributed by atoms with Gasteiger partial charge in [0.15, 0.2) is 11.6 Å². The van der Waals surface area contributed by atoms with Gasteiger partial charge in [-0.25, -0.2) is 4.99 Å². The van der Waals surface area contributed by atoms with Gasteiger partial charge in [0.2, 0.25) is 5.90 Å². The largest absolute Gasteiger partial charge is 0.494 e. The minimum atomic E-state index is -1.58. The average molecular weight is 700 g/mol. The van der Waals surface area contributed by atoms with Gasteiger partial charge in [-0.15, -0.1) is 0 Å². The molecule has 49 heavy (non-hydrogen) atoms. The molecule has 250 valence electrons. The number of amides is 1. The lowest BCUT2D eigenvalue weighted by Gasteiger charge is -2.32. The third-order valence-electron chi connectivity index (χ3n) is 7.99. The zero-order valence-electron chi connectivity index (χ0n) is 26.2. The van der Waals surface area contributed by atoms with Crippen LogP contribution in [-0.2, 0) is 35.6 Å². The lowest BCUT2D eigenvalue weighted by molar-refractivity contribution is -0.129. The summed E-state index contributed by atoms with van der Waals surface area (Å²) in [5.74, 6) is 0.395. The van der Waals surface area contributed by atoms with Crippen molar-refractivity contribution in [2.75, 3.05) is 13.2 Å². The molecule has 0 fully saturated rings. The maximum Gasteiger partial charge on any atom is 0.252 e. The Bertz CT molecular complexity index is 1930. The molecular weight excluding hydrogens is 667 g/mol. The molecule has 0 aromatic heterocycles. The molecule has 0 saturated carbocycles. The summed E-state index contributed by atoms with van der Waals surface area (Å²) in [4.78, 5) is 25.7. The normalized spacial score (nSPS) is 16.5. The molecule has 5 rings (SSSR count). The van der Waals surface area contributed by atoms with E-state index in [9.17, 15) is 4.79 Å². The molecule has 4 aromatic rings. The Morgan fingerprint density at radius 3 is 2.29 bits per heavy atom. The second kappa shape index (κ2) is 16.7. The van der Waals surface area contributed by atoms with Crippen molar-refractivity contribution in [3.05, 3.63) is 155 Å². The first kappa shape index (κ1) is 35.1. The molecule has 0 radical (unpaired) electrons. The highest BCUT2D eigenvalue weighted by molar-refractivity contribution is 6.42. The first-order valence-corrected chi connectivity index (χ1v) is 16.1. The van der Waals surface area contributed by atoms with Crippen LogP contribution in [0.5, 0.6) is 5.75 Å². The zero-order valence-corrected chi connectivity index (χ0v) is 27.8. The molecular formula is C35H32Cl2N8O4. The lowest BCUT2D eigenvalue weighted by atomic mass is 9.79. The van der Waals surface area contributed by atoms with E-state index in [0.29, 0.717) is 45.5 Å². The van der Waals surface area contributed by atoms with Crippen LogP contribution in [0, 0.1) is 0 Å². The quantitative estimate of drug-likeness (QED) is 0.0550. The minimum Gasteiger partial charge on any atom is -0.494 e. The number of ether oxygens (including phenoxy) is 2. The molecule has 1 aliphatic rings. The average Bonchev–Trinajstić information content (AvgIpc) is 3.51. The number of benzene rings is 4. The number of carbonyl (C=O) groups excluding carboxylic acids is 1. The summed E-state index contributed by atoms with van der Waals surface area (Å²) in [6, 6.07) is 26.9. The van der Waals surface area contributed by atoms with Crippen LogP contribution in [0.15, 0.2) is 106 Å². The second-order valence-corrected chi connectivity index (χ2v) is 12.0. The highest BCUT2D eigenvalue weighted by Crippen LogP contribution is 2.44. The van der Waals surface area contributed by atoms with E-state index in [4.69, 9.17) is 53.8 Å². The Balaban J connectivity index is 1.64. The Labute approximate surface area is 292 Å². The fraction of sp³-hybridized carbons (Fsp3) is 0.257. The summed E-state index contributed by atoms with van der Waals surface area (Å²) in [6.07, 6.45) is -0.395. The standard InChI is InChI=1S/C35H32Cl2N8O4/c36-30-15-10-23(18-31(30)37)20-40-34(47)35(19-25-6-1-2-7-26(25)21-41-44-38)32(29-9-4-3-8-27(29)22-42-45-39)49-33(43-35)24-11-13-28(14-12-24)48-17-5-16-46/h1-4,6-15,18,32,46H,5,16-17,19-22H2,(H,40,47)/t32-,35-/m1/s1. The highest BCUT2D eigenvalue weighted by atomic mass is 35.5. The molecule has 0 bridgehead atoms. The van der Waals surface area contributed by atoms with Crippen LogP contribution in [0.25, 0.3) is 20.9 Å². The van der Waals surface area contributed by atoms with Gasteiger partial charge in [0, 0.05) is 41.4 Å². The Kier molecular flexibility index (Phi) is 12.0. The number of carbonyl (C=O) groups is 1. The van der Waals surface area contributed by atoms with Crippen LogP contribution in [0.2, 0.25) is 10.0 Å². The lowest BCUT2D eigenvalue weighted by Crippen LogP contribution is -2.50. The Hall–Kier alpha value is -5.22. The maximum atomic E-state index is 14.7. The number of hydrogen-bond acceptors (Lipinski definition) is 7. The number of nitrogens with zero attached hydrogens (tertiary/aromatic N) is 7. The fourth-order valence-corrected chi connectivity index (χ4v) is 5.89. The zero-order chi connectivity index (χ0) is 34.6. The number of halogens is 2. The number of aliphatic hydroxyl groups is 1. The van der Waals surface area contributed by atoms with E-state index in [1.807, 2.05) is 48.5 Å². The predicted molar refractivity (Wildman–Crippen MR) is 187 cm³/mol. The van der Waals surface area contributed by atoms with Gasteiger partial charge in [0.1, 0.15) is 5.75 Å². The van der Waals surface area contributed by atoms with Gasteiger partial charge < -0.3 is 19.9 Å². The van der Waals surface area contributed by atoms with E-state index in [1.54, 1.807) is 42.5 Å². The van der Waals surface area contributed by atoms with Crippen molar-refractivity contribution in [1.82, 2.24) is 5.32 Å². The van der Waals surface area contributed by atoms with E-state index in [2.05, 4.69) is 25.4 Å². The van der Waals surface area contributed by atoms with Crippen molar-refractivity contribution in [3.8, 4) is 5.75 Å². The summed E-state index contributed by atoms with van der Waals surface area (Å²) in [6.45, 7) is 0.591. The van der Waals surface area contributed by atoms with Gasteiger partial charge in [0.25, 0.3) is 5.91 Å². The molecule has 2 atom stereocenters. The fourth-order valence-electron chi connectivity index (χ4n) is 5.57. The van der Waals surface area contributed by atoms with Crippen molar-refractivity contribution >= 4 is 35.0 Å². The van der Waals surface area contributed by atoms with Gasteiger partial charge >= 0.3 is 0 Å². The summed E-state index contributed by atoms with van der Waals surface area (Å²) in [7, 11) is 0. The summed E-state index contributed by atoms with van der Waals surface area (Å²) in [5, 5.41) is 20.5. The van der Waals surface area contributed by atoms with Gasteiger partial charge in [-0.1, -0.05) is 88.0 Å². The van der Waals surface area contributed by atoms with Gasteiger partial charge in [-0.05, 0) is 75.3 Å². The SMILES string of the molecule is [N-]=[N+]=NCc1ccccc1C[C@@]1(C(=O)NCc2ccc(Cl)c(Cl)c2)N=C(c2ccc(OCCCO)cc2)O[C@@H]1c1ccccc1CN=[N+]=[N-]. The molecule has 0 spiro atoms. The van der Waals surface area contributed by atoms with Crippen LogP contribution in [0.1, 0.15) is 45.9 Å². The van der Waals surface area contributed by atoms with E-state index in [1.165, 1.54) is 0 Å². The number of nitrogens with one attached hydrogen (secondary N) is 1. The molecule has 4 aromatic carbocycles. The molecule has 0 aliphatic carbocycles. The topological polar surface area (TPSA) is 178 Å². The monoisotopic (exact) mass is 698 g/mol. The van der Waals surface area contributed by atoms with Crippen LogP contribution < -0.4 is 10.1 Å². The molecule has 1 aliphatic heterocycles. The maximum absolute atomic E-state index is 14.7. The highest BCUT2D eigenvalue weighted by Gasteiger charge is 2.54. The van der Waals surface area contributed by atoms with Crippen molar-refractivity contribution in [2.24, 2.45) is 15.2 Å². The number of aliphatic imine (C=N–C) groups is 1. The summed E-state index contributed by atoms with van der Waals surface area (Å²) >= 11 is 12.4. The van der Waals surface area contributed by atoms with Crippen LogP contribution >= 0.6 is 23.2 Å². The smallest absolute Gasteiger partial charge is 0.252 e. The van der Waals surface area contributed by atoms with E-state index >= 15 is 0 Å². The predicted octanol–water partition coefficient (Wildman–Crippen LogP) is 8.19. The van der Waals surface area contributed by atoms with Gasteiger partial charge in [-0.3, -0.25) is 4.79 Å². The van der Waals surface area contributed by atoms with E-state index in [-0.39, 0.29) is 38.6 Å². The Morgan fingerprint density at radius 2 is 1.59 bits per heavy atom. The van der Waals surface area contributed by atoms with Crippen molar-refractivity contribution in [3.63, 3.8) is 0 Å². The Morgan fingerprint density at radius 1 is 0.918 bits per heavy atom. The molecule has 0 saturated heterocycles. The molecule has 12 nitrogen and oxygen atoms in total. The van der Waals surface area contributed by atoms with E-state index in [0.717, 1.165) is 16.7 Å². The first-order chi connectivity index (χ1) is 23.9.